The van der Waals surface area contributed by atoms with Crippen LogP contribution >= 0.6 is 0 Å². The van der Waals surface area contributed by atoms with Gasteiger partial charge in [-0.15, -0.1) is 22.0 Å². The second-order valence-corrected chi connectivity index (χ2v) is 7.07. The molecule has 212 valence electrons. The monoisotopic (exact) mass is 576 g/mol. The van der Waals surface area contributed by atoms with E-state index in [1.807, 2.05) is 4.74 Å². The Kier molecular flexibility index (Phi) is 7.79. The number of benzene rings is 2. The molecule has 0 radical (unpaired) electrons. The maximum absolute atomic E-state index is 15.5. The van der Waals surface area contributed by atoms with Gasteiger partial charge in [0, 0.05) is 0 Å². The number of nitrogen functional groups attached to an aromatic ring is 2. The van der Waals surface area contributed by atoms with Gasteiger partial charge in [-0.1, -0.05) is 12.1 Å². The van der Waals surface area contributed by atoms with Crippen molar-refractivity contribution in [2.75, 3.05) is 11.5 Å². The third-order valence-electron chi connectivity index (χ3n) is 4.60. The summed E-state index contributed by atoms with van der Waals surface area (Å²) in [4.78, 5) is 0. The highest BCUT2D eigenvalue weighted by atomic mass is 19.4. The first kappa shape index (κ1) is 30.3. The Morgan fingerprint density at radius 3 is 1.42 bits per heavy atom. The minimum absolute atomic E-state index is 0.0839. The van der Waals surface area contributed by atoms with E-state index >= 15 is 8.78 Å². The average molecular weight is 576 g/mol. The number of phenolic OH excluding ortho intramolecular Hbond substituents is 2. The Labute approximate surface area is 202 Å². The van der Waals surface area contributed by atoms with Crippen molar-refractivity contribution in [1.82, 2.24) is 0 Å². The van der Waals surface area contributed by atoms with Crippen molar-refractivity contribution in [3.63, 3.8) is 0 Å². The molecule has 0 saturated heterocycles. The summed E-state index contributed by atoms with van der Waals surface area (Å²) in [5, 5.41) is 19.0. The predicted octanol–water partition coefficient (Wildman–Crippen LogP) is 5.89. The molecule has 6 N–H and O–H groups in total. The molecule has 0 aromatic heterocycles. The number of alkyl halides is 10. The Hall–Kier alpha value is -3.90. The fraction of sp³-hybridized carbons (Fsp3) is 0.263. The standard InChI is InChI=1S/C19H12F12N2O5/c20-13(21)14(37-19(30,31)38-18(27,28)29)36-17(25,26)15(16(22,23)24,7-1-3-11(34)9(32)5-7)8-2-4-12(35)10(33)6-8/h1-6,34-35H,32-33H2. The molecule has 38 heavy (non-hydrogen) atoms. The van der Waals surface area contributed by atoms with E-state index in [0.29, 0.717) is 12.1 Å². The van der Waals surface area contributed by atoms with Crippen molar-refractivity contribution < 1.29 is 77.1 Å². The maximum atomic E-state index is 15.5. The number of nitrogens with two attached hydrogens (primary N) is 2. The molecule has 0 aliphatic carbocycles. The summed E-state index contributed by atoms with van der Waals surface area (Å²) in [5.74, 6) is -5.37. The van der Waals surface area contributed by atoms with Gasteiger partial charge >= 0.3 is 37.0 Å². The topological polar surface area (TPSA) is 120 Å². The molecular weight excluding hydrogens is 564 g/mol. The lowest BCUT2D eigenvalue weighted by molar-refractivity contribution is -0.499. The SMILES string of the molecule is Nc1cc(C(c2ccc(O)c(N)c2)(C(F)(F)F)C(F)(F)OC(OC(F)(F)OC(F)(F)F)=C(F)F)ccc1O. The van der Waals surface area contributed by atoms with Gasteiger partial charge in [-0.2, -0.15) is 35.5 Å². The molecule has 0 atom stereocenters. The van der Waals surface area contributed by atoms with Gasteiger partial charge < -0.3 is 31.2 Å². The molecule has 0 fully saturated rings. The van der Waals surface area contributed by atoms with Crippen LogP contribution in [-0.2, 0) is 19.6 Å². The number of hydrogen-bond donors (Lipinski definition) is 4. The van der Waals surface area contributed by atoms with Crippen LogP contribution in [0.15, 0.2) is 48.4 Å². The van der Waals surface area contributed by atoms with Gasteiger partial charge in [0.25, 0.3) is 0 Å². The molecule has 2 aromatic carbocycles. The van der Waals surface area contributed by atoms with E-state index in [0.717, 1.165) is 0 Å². The second-order valence-electron chi connectivity index (χ2n) is 7.07. The van der Waals surface area contributed by atoms with Crippen LogP contribution in [0.5, 0.6) is 11.5 Å². The zero-order chi connectivity index (χ0) is 29.5. The summed E-state index contributed by atoms with van der Waals surface area (Å²) in [6, 6.07) is 1.22. The highest BCUT2D eigenvalue weighted by molar-refractivity contribution is 5.61. The number of aromatic hydroxyl groups is 2. The van der Waals surface area contributed by atoms with Crippen molar-refractivity contribution in [3.05, 3.63) is 59.6 Å². The molecule has 0 bridgehead atoms. The largest absolute Gasteiger partial charge is 0.544 e. The summed E-state index contributed by atoms with van der Waals surface area (Å²) < 4.78 is 172. The number of ether oxygens (including phenoxy) is 3. The lowest BCUT2D eigenvalue weighted by Crippen LogP contribution is -2.58. The highest BCUT2D eigenvalue weighted by Gasteiger charge is 2.74. The summed E-state index contributed by atoms with van der Waals surface area (Å²) in [7, 11) is 0. The van der Waals surface area contributed by atoms with Crippen LogP contribution in [0.3, 0.4) is 0 Å². The summed E-state index contributed by atoms with van der Waals surface area (Å²) >= 11 is 0. The van der Waals surface area contributed by atoms with Crippen molar-refractivity contribution in [2.45, 2.75) is 30.4 Å². The van der Waals surface area contributed by atoms with Gasteiger partial charge in [0.2, 0.25) is 5.41 Å². The van der Waals surface area contributed by atoms with Crippen LogP contribution in [0, 0.1) is 0 Å². The highest BCUT2D eigenvalue weighted by Crippen LogP contribution is 2.58. The van der Waals surface area contributed by atoms with Crippen molar-refractivity contribution in [2.24, 2.45) is 0 Å². The number of halogens is 12. The quantitative estimate of drug-likeness (QED) is 0.102. The normalized spacial score (nSPS) is 13.3. The van der Waals surface area contributed by atoms with Crippen LogP contribution < -0.4 is 11.5 Å². The van der Waals surface area contributed by atoms with Crippen molar-refractivity contribution >= 4 is 11.4 Å². The Balaban J connectivity index is 2.86. The third kappa shape index (κ3) is 5.97. The van der Waals surface area contributed by atoms with Crippen molar-refractivity contribution in [3.8, 4) is 11.5 Å². The fourth-order valence-corrected chi connectivity index (χ4v) is 3.13. The Morgan fingerprint density at radius 2 is 1.11 bits per heavy atom. The minimum atomic E-state index is -6.35. The first-order valence-corrected chi connectivity index (χ1v) is 9.24. The van der Waals surface area contributed by atoms with Crippen LogP contribution in [0.1, 0.15) is 11.1 Å². The molecule has 2 rings (SSSR count). The molecule has 0 amide bonds. The van der Waals surface area contributed by atoms with Crippen molar-refractivity contribution in [1.29, 1.82) is 0 Å². The summed E-state index contributed by atoms with van der Waals surface area (Å²) in [6.45, 7) is 0. The van der Waals surface area contributed by atoms with Crippen LogP contribution in [0.25, 0.3) is 0 Å². The molecule has 0 saturated carbocycles. The summed E-state index contributed by atoms with van der Waals surface area (Å²) in [6.07, 6.45) is -28.9. The maximum Gasteiger partial charge on any atom is 0.544 e. The smallest absolute Gasteiger partial charge is 0.506 e. The first-order chi connectivity index (χ1) is 17.0. The molecule has 0 aliphatic heterocycles. The van der Waals surface area contributed by atoms with E-state index < -0.39 is 76.4 Å². The molecule has 0 aliphatic rings. The first-order valence-electron chi connectivity index (χ1n) is 9.24. The Bertz CT molecular complexity index is 1160. The van der Waals surface area contributed by atoms with E-state index in [9.17, 15) is 54.1 Å². The molecule has 19 heteroatoms. The molecule has 0 heterocycles. The number of rotatable bonds is 8. The molecule has 0 spiro atoms. The van der Waals surface area contributed by atoms with Gasteiger partial charge in [-0.05, 0) is 35.4 Å². The van der Waals surface area contributed by atoms with E-state index in [1.165, 1.54) is 0 Å². The predicted molar refractivity (Wildman–Crippen MR) is 100 cm³/mol. The lowest BCUT2D eigenvalue weighted by Gasteiger charge is -2.41. The van der Waals surface area contributed by atoms with E-state index in [1.54, 1.807) is 0 Å². The van der Waals surface area contributed by atoms with Gasteiger partial charge in [-0.25, -0.2) is 0 Å². The third-order valence-corrected chi connectivity index (χ3v) is 4.60. The lowest BCUT2D eigenvalue weighted by atomic mass is 9.72. The Morgan fingerprint density at radius 1 is 0.684 bits per heavy atom. The zero-order valence-electron chi connectivity index (χ0n) is 17.8. The minimum Gasteiger partial charge on any atom is -0.506 e. The second kappa shape index (κ2) is 9.76. The number of anilines is 2. The van der Waals surface area contributed by atoms with Gasteiger partial charge in [0.1, 0.15) is 11.5 Å². The van der Waals surface area contributed by atoms with Gasteiger partial charge in [0.05, 0.1) is 11.4 Å². The number of hydrogen-bond acceptors (Lipinski definition) is 7. The van der Waals surface area contributed by atoms with Crippen LogP contribution in [0.2, 0.25) is 0 Å². The zero-order valence-corrected chi connectivity index (χ0v) is 17.8. The molecule has 0 unspecified atom stereocenters. The van der Waals surface area contributed by atoms with E-state index in [2.05, 4.69) is 9.47 Å². The fourth-order valence-electron chi connectivity index (χ4n) is 3.13. The molecule has 7 nitrogen and oxygen atoms in total. The van der Waals surface area contributed by atoms with Gasteiger partial charge in [0.15, 0.2) is 0 Å². The number of phenols is 2. The molecular formula is C19H12F12N2O5. The van der Waals surface area contributed by atoms with Crippen LogP contribution in [-0.4, -0.2) is 35.2 Å². The molecule has 2 aromatic rings. The van der Waals surface area contributed by atoms with Gasteiger partial charge in [-0.3, -0.25) is 0 Å². The van der Waals surface area contributed by atoms with Crippen LogP contribution in [0.4, 0.5) is 64.1 Å². The summed E-state index contributed by atoms with van der Waals surface area (Å²) in [5.41, 5.74) is 0.227. The van der Waals surface area contributed by atoms with E-state index in [-0.39, 0.29) is 24.3 Å². The average Bonchev–Trinajstić information content (AvgIpc) is 2.69. The van der Waals surface area contributed by atoms with E-state index in [4.69, 9.17) is 11.5 Å².